The third-order valence-corrected chi connectivity index (χ3v) is 5.82. The fourth-order valence-corrected chi connectivity index (χ4v) is 4.00. The number of nitrogens with zero attached hydrogens (tertiary/aromatic N) is 4. The fraction of sp³-hybridized carbons (Fsp3) is 0.667. The van der Waals surface area contributed by atoms with E-state index in [2.05, 4.69) is 27.0 Å². The van der Waals surface area contributed by atoms with Gasteiger partial charge in [0.05, 0.1) is 11.2 Å². The lowest BCUT2D eigenvalue weighted by molar-refractivity contribution is 0.292. The van der Waals surface area contributed by atoms with Crippen LogP contribution in [0.1, 0.15) is 70.0 Å². The molecule has 2 aromatic rings. The molecule has 0 amide bonds. The van der Waals surface area contributed by atoms with Crippen LogP contribution in [0.4, 0.5) is 0 Å². The highest BCUT2D eigenvalue weighted by Crippen LogP contribution is 2.37. The second-order valence-electron chi connectivity index (χ2n) is 6.72. The smallest absolute Gasteiger partial charge is 0.278 e. The van der Waals surface area contributed by atoms with E-state index in [0.29, 0.717) is 27.7 Å². The van der Waals surface area contributed by atoms with Gasteiger partial charge in [-0.05, 0) is 37.9 Å². The van der Waals surface area contributed by atoms with Crippen molar-refractivity contribution in [3.63, 3.8) is 0 Å². The molecule has 2 aromatic heterocycles. The Hall–Kier alpha value is -1.14. The largest absolute Gasteiger partial charge is 0.332 e. The molecular weight excluding hydrogens is 356 g/mol. The van der Waals surface area contributed by atoms with Gasteiger partial charge in [0.25, 0.3) is 5.89 Å². The maximum atomic E-state index is 6.20. The predicted octanol–water partition coefficient (Wildman–Crippen LogP) is 5.76. The van der Waals surface area contributed by atoms with E-state index in [1.807, 2.05) is 6.26 Å². The lowest BCUT2D eigenvalue weighted by Gasteiger charge is -2.26. The normalized spacial score (nSPS) is 20.8. The van der Waals surface area contributed by atoms with Gasteiger partial charge in [0.1, 0.15) is 0 Å². The first kappa shape index (κ1) is 18.6. The molecule has 25 heavy (non-hydrogen) atoms. The Balaban J connectivity index is 1.63. The average Bonchev–Trinajstić information content (AvgIpc) is 3.13. The molecule has 1 aliphatic rings. The van der Waals surface area contributed by atoms with Crippen LogP contribution < -0.4 is 0 Å². The predicted molar refractivity (Wildman–Crippen MR) is 101 cm³/mol. The molecule has 1 aliphatic carbocycles. The molecule has 1 saturated carbocycles. The van der Waals surface area contributed by atoms with Crippen LogP contribution in [0.2, 0.25) is 5.02 Å². The first-order valence-electron chi connectivity index (χ1n) is 9.11. The topological polar surface area (TPSA) is 64.7 Å². The summed E-state index contributed by atoms with van der Waals surface area (Å²) in [7, 11) is 0. The molecule has 7 heteroatoms. The second kappa shape index (κ2) is 8.99. The molecule has 1 fully saturated rings. The third kappa shape index (κ3) is 4.73. The van der Waals surface area contributed by atoms with Crippen molar-refractivity contribution in [2.24, 2.45) is 5.92 Å². The average molecular weight is 381 g/mol. The van der Waals surface area contributed by atoms with E-state index in [9.17, 15) is 0 Å². The zero-order valence-electron chi connectivity index (χ0n) is 14.9. The summed E-state index contributed by atoms with van der Waals surface area (Å²) in [6.07, 6.45) is 13.7. The highest BCUT2D eigenvalue weighted by molar-refractivity contribution is 7.98. The number of aromatic nitrogens is 4. The summed E-state index contributed by atoms with van der Waals surface area (Å²) >= 11 is 7.66. The van der Waals surface area contributed by atoms with Crippen LogP contribution in [-0.4, -0.2) is 26.4 Å². The first-order chi connectivity index (χ1) is 12.2. The van der Waals surface area contributed by atoms with Gasteiger partial charge in [-0.1, -0.05) is 61.1 Å². The number of unbranched alkanes of at least 4 members (excludes halogenated alkanes) is 2. The number of hydrogen-bond acceptors (Lipinski definition) is 6. The van der Waals surface area contributed by atoms with E-state index < -0.39 is 0 Å². The van der Waals surface area contributed by atoms with Crippen molar-refractivity contribution in [1.82, 2.24) is 20.1 Å². The van der Waals surface area contributed by atoms with Crippen LogP contribution in [0.15, 0.2) is 15.9 Å². The summed E-state index contributed by atoms with van der Waals surface area (Å²) in [6, 6.07) is 0. The number of rotatable bonds is 7. The maximum Gasteiger partial charge on any atom is 0.278 e. The lowest BCUT2D eigenvalue weighted by Crippen LogP contribution is -2.14. The van der Waals surface area contributed by atoms with Gasteiger partial charge in [0.2, 0.25) is 0 Å². The third-order valence-electron chi connectivity index (χ3n) is 4.98. The molecule has 0 radical (unpaired) electrons. The van der Waals surface area contributed by atoms with Crippen molar-refractivity contribution >= 4 is 23.4 Å². The molecule has 0 saturated heterocycles. The highest BCUT2D eigenvalue weighted by atomic mass is 35.5. The molecule has 5 nitrogen and oxygen atoms in total. The van der Waals surface area contributed by atoms with Crippen molar-refractivity contribution < 1.29 is 4.52 Å². The standard InChI is InChI=1S/C18H25ClN4OS/c1-3-4-5-6-12-7-9-13(10-8-12)16-22-17(24-23-16)15-14(19)11-20-18(21-15)25-2/h11-13H,3-10H2,1-2H3. The minimum atomic E-state index is 0.389. The van der Waals surface area contributed by atoms with E-state index in [1.54, 1.807) is 6.20 Å². The molecule has 0 bridgehead atoms. The van der Waals surface area contributed by atoms with Crippen LogP contribution in [0.3, 0.4) is 0 Å². The zero-order valence-corrected chi connectivity index (χ0v) is 16.4. The van der Waals surface area contributed by atoms with Crippen molar-refractivity contribution in [3.8, 4) is 11.6 Å². The highest BCUT2D eigenvalue weighted by Gasteiger charge is 2.26. The van der Waals surface area contributed by atoms with E-state index in [1.165, 1.54) is 50.3 Å². The molecule has 0 atom stereocenters. The Morgan fingerprint density at radius 2 is 2.00 bits per heavy atom. The van der Waals surface area contributed by atoms with Gasteiger partial charge in [-0.25, -0.2) is 9.97 Å². The van der Waals surface area contributed by atoms with E-state index in [4.69, 9.17) is 16.1 Å². The van der Waals surface area contributed by atoms with Gasteiger partial charge >= 0.3 is 0 Å². The molecule has 3 rings (SSSR count). The van der Waals surface area contributed by atoms with E-state index in [-0.39, 0.29) is 0 Å². The molecule has 0 spiro atoms. The second-order valence-corrected chi connectivity index (χ2v) is 7.91. The Labute approximate surface area is 158 Å². The lowest BCUT2D eigenvalue weighted by atomic mass is 9.79. The van der Waals surface area contributed by atoms with Gasteiger partial charge in [0, 0.05) is 5.92 Å². The summed E-state index contributed by atoms with van der Waals surface area (Å²) in [4.78, 5) is 13.1. The van der Waals surface area contributed by atoms with Crippen molar-refractivity contribution in [2.75, 3.05) is 6.26 Å². The molecule has 0 unspecified atom stereocenters. The van der Waals surface area contributed by atoms with Crippen LogP contribution >= 0.6 is 23.4 Å². The van der Waals surface area contributed by atoms with Crippen LogP contribution in [-0.2, 0) is 0 Å². The molecular formula is C18H25ClN4OS. The minimum absolute atomic E-state index is 0.389. The van der Waals surface area contributed by atoms with Crippen molar-refractivity contribution in [2.45, 2.75) is 69.4 Å². The van der Waals surface area contributed by atoms with Crippen molar-refractivity contribution in [3.05, 3.63) is 17.0 Å². The van der Waals surface area contributed by atoms with E-state index >= 15 is 0 Å². The molecule has 0 aromatic carbocycles. The molecule has 136 valence electrons. The first-order valence-corrected chi connectivity index (χ1v) is 10.7. The van der Waals surface area contributed by atoms with Gasteiger partial charge in [-0.2, -0.15) is 4.98 Å². The monoisotopic (exact) mass is 380 g/mol. The SMILES string of the molecule is CCCCCC1CCC(c2noc(-c3nc(SC)ncc3Cl)n2)CC1. The Morgan fingerprint density at radius 1 is 1.20 bits per heavy atom. The van der Waals surface area contributed by atoms with E-state index in [0.717, 1.165) is 24.6 Å². The summed E-state index contributed by atoms with van der Waals surface area (Å²) in [5.41, 5.74) is 0.521. The van der Waals surface area contributed by atoms with Crippen LogP contribution in [0, 0.1) is 5.92 Å². The quantitative estimate of drug-likeness (QED) is 0.346. The molecule has 2 heterocycles. The van der Waals surface area contributed by atoms with Crippen LogP contribution in [0.25, 0.3) is 11.6 Å². The Morgan fingerprint density at radius 3 is 2.72 bits per heavy atom. The summed E-state index contributed by atoms with van der Waals surface area (Å²) in [6.45, 7) is 2.26. The fourth-order valence-electron chi connectivity index (χ4n) is 3.49. The minimum Gasteiger partial charge on any atom is -0.332 e. The Bertz CT molecular complexity index is 685. The van der Waals surface area contributed by atoms with Gasteiger partial charge in [-0.3, -0.25) is 0 Å². The van der Waals surface area contributed by atoms with Gasteiger partial charge in [-0.15, -0.1) is 0 Å². The van der Waals surface area contributed by atoms with Gasteiger partial charge < -0.3 is 4.52 Å². The Kier molecular flexibility index (Phi) is 6.70. The van der Waals surface area contributed by atoms with Crippen LogP contribution in [0.5, 0.6) is 0 Å². The maximum absolute atomic E-state index is 6.20. The van der Waals surface area contributed by atoms with Crippen molar-refractivity contribution in [1.29, 1.82) is 0 Å². The number of thioether (sulfide) groups is 1. The summed E-state index contributed by atoms with van der Waals surface area (Å²) < 4.78 is 5.45. The number of hydrogen-bond donors (Lipinski definition) is 0. The summed E-state index contributed by atoms with van der Waals surface area (Å²) in [5, 5.41) is 5.28. The molecule has 0 N–H and O–H groups in total. The number of halogens is 1. The summed E-state index contributed by atoms with van der Waals surface area (Å²) in [5.74, 6) is 2.44. The molecule has 0 aliphatic heterocycles. The van der Waals surface area contributed by atoms with Gasteiger partial charge in [0.15, 0.2) is 16.7 Å². The zero-order chi connectivity index (χ0) is 17.6.